The number of hydrogen-bond acceptors (Lipinski definition) is 13. The van der Waals surface area contributed by atoms with E-state index in [1.54, 1.807) is 7.05 Å². The summed E-state index contributed by atoms with van der Waals surface area (Å²) in [6, 6.07) is -2.33. The number of hydrogen-bond donors (Lipinski definition) is 10. The Balaban J connectivity index is 1.83. The van der Waals surface area contributed by atoms with E-state index in [0.717, 1.165) is 0 Å². The van der Waals surface area contributed by atoms with Gasteiger partial charge in [-0.3, -0.25) is 4.79 Å². The third-order valence-electron chi connectivity index (χ3n) is 7.84. The molecule has 0 aromatic rings. The number of aliphatic hydroxyl groups excluding tert-OH is 3. The molecule has 0 aromatic carbocycles. The SMILES string of the molecule is CNC1C(O)C(OC2C(NC=O)CC(N)C(C3OC(CN)=CCC3NCC(O)CCN)C2O)OCC1(C)O. The second-order valence-corrected chi connectivity index (χ2v) is 10.7. The van der Waals surface area contributed by atoms with Crippen molar-refractivity contribution in [3.8, 4) is 0 Å². The number of nitrogens with two attached hydrogens (primary N) is 3. The van der Waals surface area contributed by atoms with Gasteiger partial charge in [0.25, 0.3) is 0 Å². The number of nitrogens with one attached hydrogen (secondary N) is 3. The van der Waals surface area contributed by atoms with Gasteiger partial charge >= 0.3 is 0 Å². The van der Waals surface area contributed by atoms with Crippen LogP contribution in [0.4, 0.5) is 0 Å². The van der Waals surface area contributed by atoms with Crippen molar-refractivity contribution in [1.82, 2.24) is 16.0 Å². The first-order valence-electron chi connectivity index (χ1n) is 13.2. The smallest absolute Gasteiger partial charge is 0.207 e. The molecule has 1 saturated carbocycles. The van der Waals surface area contributed by atoms with Crippen molar-refractivity contribution in [2.24, 2.45) is 23.1 Å². The highest BCUT2D eigenvalue weighted by atomic mass is 16.7. The number of carbonyl (C=O) groups is 1. The van der Waals surface area contributed by atoms with Crippen LogP contribution < -0.4 is 33.2 Å². The largest absolute Gasteiger partial charge is 0.492 e. The Hall–Kier alpha value is -1.43. The fraction of sp³-hybridized carbons (Fsp3) is 0.875. The molecular weight excluding hydrogens is 500 g/mol. The first-order chi connectivity index (χ1) is 18.1. The number of carbonyl (C=O) groups excluding carboxylic acids is 1. The summed E-state index contributed by atoms with van der Waals surface area (Å²) in [5.41, 5.74) is 16.6. The van der Waals surface area contributed by atoms with Gasteiger partial charge in [-0.1, -0.05) is 0 Å². The predicted octanol–water partition coefficient (Wildman–Crippen LogP) is -4.45. The van der Waals surface area contributed by atoms with E-state index in [9.17, 15) is 25.2 Å². The van der Waals surface area contributed by atoms with Crippen molar-refractivity contribution < 1.29 is 39.4 Å². The van der Waals surface area contributed by atoms with Crippen LogP contribution in [0.2, 0.25) is 0 Å². The predicted molar refractivity (Wildman–Crippen MR) is 137 cm³/mol. The molecule has 1 amide bonds. The van der Waals surface area contributed by atoms with Crippen LogP contribution in [0.3, 0.4) is 0 Å². The highest BCUT2D eigenvalue weighted by Gasteiger charge is 2.53. The van der Waals surface area contributed by atoms with E-state index in [1.807, 2.05) is 6.08 Å². The monoisotopic (exact) mass is 546 g/mol. The summed E-state index contributed by atoms with van der Waals surface area (Å²) in [5.74, 6) is -0.0984. The average molecular weight is 547 g/mol. The third kappa shape index (κ3) is 7.01. The minimum absolute atomic E-state index is 0.120. The molecule has 0 aromatic heterocycles. The average Bonchev–Trinajstić information content (AvgIpc) is 2.87. The van der Waals surface area contributed by atoms with E-state index >= 15 is 0 Å². The second kappa shape index (κ2) is 13.8. The molecule has 0 bridgehead atoms. The molecule has 38 heavy (non-hydrogen) atoms. The lowest BCUT2D eigenvalue weighted by Gasteiger charge is -2.50. The fourth-order valence-electron chi connectivity index (χ4n) is 5.84. The molecule has 0 radical (unpaired) electrons. The molecule has 12 atom stereocenters. The fourth-order valence-corrected chi connectivity index (χ4v) is 5.84. The third-order valence-corrected chi connectivity index (χ3v) is 7.84. The Morgan fingerprint density at radius 2 is 2.03 bits per heavy atom. The molecule has 3 aliphatic rings. The maximum atomic E-state index is 11.6. The molecular formula is C24H46N6O8. The van der Waals surface area contributed by atoms with Crippen LogP contribution in [0, 0.1) is 5.92 Å². The molecule has 14 heteroatoms. The van der Waals surface area contributed by atoms with Crippen molar-refractivity contribution in [2.45, 2.75) is 92.8 Å². The normalized spacial score (nSPS) is 42.6. The van der Waals surface area contributed by atoms with Gasteiger partial charge < -0.3 is 67.8 Å². The van der Waals surface area contributed by atoms with Gasteiger partial charge in [0.1, 0.15) is 29.7 Å². The summed E-state index contributed by atoms with van der Waals surface area (Å²) in [7, 11) is 1.60. The van der Waals surface area contributed by atoms with Crippen molar-refractivity contribution in [3.05, 3.63) is 11.8 Å². The van der Waals surface area contributed by atoms with E-state index in [1.165, 1.54) is 6.92 Å². The summed E-state index contributed by atoms with van der Waals surface area (Å²) >= 11 is 0. The second-order valence-electron chi connectivity index (χ2n) is 10.7. The minimum atomic E-state index is -1.35. The van der Waals surface area contributed by atoms with Gasteiger partial charge in [-0.05, 0) is 45.9 Å². The van der Waals surface area contributed by atoms with Crippen LogP contribution in [0.5, 0.6) is 0 Å². The number of ether oxygens (including phenoxy) is 3. The van der Waals surface area contributed by atoms with Crippen LogP contribution in [-0.2, 0) is 19.0 Å². The Bertz CT molecular complexity index is 791. The molecule has 13 N–H and O–H groups in total. The highest BCUT2D eigenvalue weighted by Crippen LogP contribution is 2.36. The van der Waals surface area contributed by atoms with Crippen molar-refractivity contribution in [2.75, 3.05) is 33.3 Å². The summed E-state index contributed by atoms with van der Waals surface area (Å²) in [6.45, 7) is 2.20. The lowest BCUT2D eigenvalue weighted by Crippen LogP contribution is -2.69. The molecule has 0 spiro atoms. The molecule has 220 valence electrons. The van der Waals surface area contributed by atoms with Crippen LogP contribution in [0.1, 0.15) is 26.2 Å². The first kappa shape index (κ1) is 31.1. The summed E-state index contributed by atoms with van der Waals surface area (Å²) < 4.78 is 17.9. The quantitative estimate of drug-likeness (QED) is 0.104. The Kier molecular flexibility index (Phi) is 11.3. The molecule has 14 nitrogen and oxygen atoms in total. The van der Waals surface area contributed by atoms with Crippen LogP contribution in [0.25, 0.3) is 0 Å². The Morgan fingerprint density at radius 3 is 2.66 bits per heavy atom. The molecule has 1 saturated heterocycles. The molecule has 2 aliphatic heterocycles. The Labute approximate surface area is 223 Å². The van der Waals surface area contributed by atoms with Gasteiger partial charge in [-0.15, -0.1) is 0 Å². The first-order valence-corrected chi connectivity index (χ1v) is 13.2. The van der Waals surface area contributed by atoms with Gasteiger partial charge in [0.05, 0.1) is 37.4 Å². The molecule has 2 heterocycles. The van der Waals surface area contributed by atoms with E-state index in [2.05, 4.69) is 16.0 Å². The van der Waals surface area contributed by atoms with E-state index in [0.29, 0.717) is 31.6 Å². The van der Waals surface area contributed by atoms with E-state index in [-0.39, 0.29) is 32.2 Å². The minimum Gasteiger partial charge on any atom is -0.492 e. The zero-order chi connectivity index (χ0) is 28.0. The van der Waals surface area contributed by atoms with E-state index < -0.39 is 66.5 Å². The molecule has 2 fully saturated rings. The van der Waals surface area contributed by atoms with Gasteiger partial charge in [0.2, 0.25) is 6.41 Å². The summed E-state index contributed by atoms with van der Waals surface area (Å²) in [6.07, 6.45) is -2.38. The van der Waals surface area contributed by atoms with Gasteiger partial charge in [-0.2, -0.15) is 0 Å². The van der Waals surface area contributed by atoms with Crippen molar-refractivity contribution in [3.63, 3.8) is 0 Å². The molecule has 3 rings (SSSR count). The van der Waals surface area contributed by atoms with E-state index in [4.69, 9.17) is 31.4 Å². The number of likely N-dealkylation sites (N-methyl/N-ethyl adjacent to an activating group) is 1. The number of amides is 1. The Morgan fingerprint density at radius 1 is 1.29 bits per heavy atom. The van der Waals surface area contributed by atoms with Gasteiger partial charge in [0, 0.05) is 24.5 Å². The molecule has 12 unspecified atom stereocenters. The van der Waals surface area contributed by atoms with Crippen LogP contribution >= 0.6 is 0 Å². The van der Waals surface area contributed by atoms with Gasteiger partial charge in [-0.25, -0.2) is 0 Å². The number of rotatable bonds is 12. The summed E-state index contributed by atoms with van der Waals surface area (Å²) in [4.78, 5) is 11.4. The lowest BCUT2D eigenvalue weighted by atomic mass is 9.72. The zero-order valence-electron chi connectivity index (χ0n) is 22.1. The maximum Gasteiger partial charge on any atom is 0.207 e. The maximum absolute atomic E-state index is 11.6. The van der Waals surface area contributed by atoms with Gasteiger partial charge in [0.15, 0.2) is 6.29 Å². The van der Waals surface area contributed by atoms with Crippen LogP contribution in [0.15, 0.2) is 11.8 Å². The van der Waals surface area contributed by atoms with Crippen LogP contribution in [-0.4, -0.2) is 127 Å². The standard InChI is InChI=1S/C24H46N6O8/c1-24(35)10-36-23(19(34)22(24)28-2)38-21-16(30-11-31)7-14(27)17(18(21)33)20-15(4-3-13(8-26)37-20)29-9-12(32)5-6-25/h3,11-12,14-23,28-29,32-35H,4-10,25-27H2,1-2H3,(H,30,31). The van der Waals surface area contributed by atoms with Crippen molar-refractivity contribution in [1.29, 1.82) is 0 Å². The summed E-state index contributed by atoms with van der Waals surface area (Å²) in [5, 5.41) is 52.1. The van der Waals surface area contributed by atoms with Crippen molar-refractivity contribution >= 4 is 6.41 Å². The highest BCUT2D eigenvalue weighted by molar-refractivity contribution is 5.47. The molecule has 1 aliphatic carbocycles. The number of aliphatic hydroxyl groups is 4. The lowest BCUT2D eigenvalue weighted by molar-refractivity contribution is -0.297. The topological polar surface area (TPSA) is 240 Å². The zero-order valence-corrected chi connectivity index (χ0v) is 22.1.